The van der Waals surface area contributed by atoms with Gasteiger partial charge in [-0.3, -0.25) is 0 Å². The molecule has 0 bridgehead atoms. The van der Waals surface area contributed by atoms with E-state index in [1.54, 1.807) is 23.9 Å². The van der Waals surface area contributed by atoms with E-state index >= 15 is 0 Å². The summed E-state index contributed by atoms with van der Waals surface area (Å²) in [5.74, 6) is 0.786. The molecule has 3 aromatic carbocycles. The second kappa shape index (κ2) is 10.4. The van der Waals surface area contributed by atoms with E-state index in [-0.39, 0.29) is 6.10 Å². The number of nitrogens with zero attached hydrogens (tertiary/aromatic N) is 3. The Hall–Kier alpha value is -2.57. The molecule has 5 nitrogen and oxygen atoms in total. The highest BCUT2D eigenvalue weighted by molar-refractivity contribution is 6.35. The molecule has 0 aliphatic heterocycles. The normalized spacial score (nSPS) is 12.0. The summed E-state index contributed by atoms with van der Waals surface area (Å²) in [4.78, 5) is 0. The van der Waals surface area contributed by atoms with Gasteiger partial charge in [-0.2, -0.15) is 0 Å². The number of benzene rings is 3. The average Bonchev–Trinajstić information content (AvgIpc) is 3.26. The van der Waals surface area contributed by atoms with Crippen LogP contribution in [0.25, 0.3) is 11.3 Å². The monoisotopic (exact) mass is 487 g/mol. The van der Waals surface area contributed by atoms with E-state index in [2.05, 4.69) is 10.3 Å². The van der Waals surface area contributed by atoms with Crippen LogP contribution in [0.1, 0.15) is 17.2 Å². The fourth-order valence-corrected chi connectivity index (χ4v) is 3.89. The summed E-state index contributed by atoms with van der Waals surface area (Å²) in [5.41, 5.74) is 3.53. The van der Waals surface area contributed by atoms with E-state index in [1.165, 1.54) is 0 Å². The zero-order valence-corrected chi connectivity index (χ0v) is 19.5. The number of ether oxygens (including phenoxy) is 2. The summed E-state index contributed by atoms with van der Waals surface area (Å²) in [6.45, 7) is 0.818. The minimum Gasteiger partial charge on any atom is -0.497 e. The molecule has 0 saturated heterocycles. The van der Waals surface area contributed by atoms with Crippen LogP contribution in [0.5, 0.6) is 5.75 Å². The Bertz CT molecular complexity index is 1180. The Morgan fingerprint density at radius 2 is 1.62 bits per heavy atom. The molecule has 4 rings (SSSR count). The molecule has 164 valence electrons. The van der Waals surface area contributed by atoms with Crippen LogP contribution in [0.4, 0.5) is 0 Å². The summed E-state index contributed by atoms with van der Waals surface area (Å²) < 4.78 is 13.2. The molecule has 0 spiro atoms. The zero-order valence-electron chi connectivity index (χ0n) is 17.2. The second-order valence-electron chi connectivity index (χ2n) is 7.15. The first kappa shape index (κ1) is 22.6. The maximum atomic E-state index is 6.48. The Balaban J connectivity index is 1.55. The van der Waals surface area contributed by atoms with Gasteiger partial charge in [0.1, 0.15) is 17.5 Å². The van der Waals surface area contributed by atoms with Crippen molar-refractivity contribution >= 4 is 34.8 Å². The maximum Gasteiger partial charge on any atom is 0.118 e. The van der Waals surface area contributed by atoms with E-state index < -0.39 is 0 Å². The highest BCUT2D eigenvalue weighted by atomic mass is 35.5. The summed E-state index contributed by atoms with van der Waals surface area (Å²) in [6, 6.07) is 20.6. The van der Waals surface area contributed by atoms with Crippen molar-refractivity contribution in [2.45, 2.75) is 19.3 Å². The Labute approximate surface area is 201 Å². The SMILES string of the molecule is COc1ccc(-c2cn(CC(OCc3ccc(Cl)cc3)c3ccc(Cl)cc3Cl)nn2)cc1. The van der Waals surface area contributed by atoms with Crippen molar-refractivity contribution in [1.82, 2.24) is 15.0 Å². The van der Waals surface area contributed by atoms with Crippen molar-refractivity contribution in [3.63, 3.8) is 0 Å². The predicted octanol–water partition coefficient (Wildman–Crippen LogP) is 6.87. The third kappa shape index (κ3) is 5.61. The van der Waals surface area contributed by atoms with Crippen molar-refractivity contribution < 1.29 is 9.47 Å². The number of rotatable bonds is 8. The lowest BCUT2D eigenvalue weighted by Gasteiger charge is -2.20. The molecule has 0 fully saturated rings. The molecule has 8 heteroatoms. The van der Waals surface area contributed by atoms with Gasteiger partial charge in [0.05, 0.1) is 26.5 Å². The van der Waals surface area contributed by atoms with Gasteiger partial charge in [-0.25, -0.2) is 4.68 Å². The zero-order chi connectivity index (χ0) is 22.5. The Morgan fingerprint density at radius 1 is 0.906 bits per heavy atom. The maximum absolute atomic E-state index is 6.48. The van der Waals surface area contributed by atoms with Gasteiger partial charge < -0.3 is 9.47 Å². The minimum absolute atomic E-state index is 0.360. The number of halogens is 3. The molecule has 32 heavy (non-hydrogen) atoms. The molecular formula is C24H20Cl3N3O2. The first-order valence-corrected chi connectivity index (χ1v) is 11.0. The molecule has 0 aliphatic rings. The fourth-order valence-electron chi connectivity index (χ4n) is 3.23. The van der Waals surface area contributed by atoms with Crippen LogP contribution in [0.2, 0.25) is 15.1 Å². The average molecular weight is 489 g/mol. The summed E-state index contributed by atoms with van der Waals surface area (Å²) in [7, 11) is 1.64. The van der Waals surface area contributed by atoms with Gasteiger partial charge in [-0.1, -0.05) is 58.2 Å². The highest BCUT2D eigenvalue weighted by Gasteiger charge is 2.18. The lowest BCUT2D eigenvalue weighted by molar-refractivity contribution is 0.0254. The third-order valence-corrected chi connectivity index (χ3v) is 5.77. The van der Waals surface area contributed by atoms with Gasteiger partial charge in [0.2, 0.25) is 0 Å². The molecule has 1 heterocycles. The molecule has 0 radical (unpaired) electrons. The first-order valence-electron chi connectivity index (χ1n) is 9.87. The molecule has 0 amide bonds. The summed E-state index contributed by atoms with van der Waals surface area (Å²) in [6.07, 6.45) is 1.52. The Morgan fingerprint density at radius 3 is 2.31 bits per heavy atom. The van der Waals surface area contributed by atoms with Gasteiger partial charge in [-0.15, -0.1) is 5.10 Å². The van der Waals surface area contributed by atoms with Crippen LogP contribution in [0, 0.1) is 0 Å². The van der Waals surface area contributed by atoms with Gasteiger partial charge in [0, 0.05) is 26.2 Å². The molecular weight excluding hydrogens is 469 g/mol. The number of hydrogen-bond donors (Lipinski definition) is 0. The molecule has 4 aromatic rings. The van der Waals surface area contributed by atoms with Crippen LogP contribution < -0.4 is 4.74 Å². The molecule has 1 atom stereocenters. The van der Waals surface area contributed by atoms with Crippen LogP contribution >= 0.6 is 34.8 Å². The molecule has 1 unspecified atom stereocenters. The van der Waals surface area contributed by atoms with Crippen molar-refractivity contribution in [2.24, 2.45) is 0 Å². The summed E-state index contributed by atoms with van der Waals surface area (Å²) in [5, 5.41) is 10.4. The third-order valence-electron chi connectivity index (χ3n) is 4.95. The van der Waals surface area contributed by atoms with Crippen LogP contribution in [0.3, 0.4) is 0 Å². The number of aromatic nitrogens is 3. The van der Waals surface area contributed by atoms with Gasteiger partial charge in [0.15, 0.2) is 0 Å². The minimum atomic E-state index is -0.360. The van der Waals surface area contributed by atoms with Crippen LogP contribution in [0.15, 0.2) is 72.9 Å². The number of methoxy groups -OCH3 is 1. The topological polar surface area (TPSA) is 49.2 Å². The van der Waals surface area contributed by atoms with Crippen molar-refractivity contribution in [2.75, 3.05) is 7.11 Å². The van der Waals surface area contributed by atoms with Crippen LogP contribution in [-0.4, -0.2) is 22.1 Å². The standard InChI is InChI=1S/C24H20Cl3N3O2/c1-31-20-9-4-17(5-10-20)23-13-30(29-28-23)14-24(21-11-8-19(26)12-22(21)27)32-15-16-2-6-18(25)7-3-16/h2-13,24H,14-15H2,1H3. The van der Waals surface area contributed by atoms with Crippen molar-refractivity contribution in [3.8, 4) is 17.0 Å². The molecule has 0 aliphatic carbocycles. The van der Waals surface area contributed by atoms with E-state index in [4.69, 9.17) is 44.3 Å². The number of hydrogen-bond acceptors (Lipinski definition) is 4. The van der Waals surface area contributed by atoms with Gasteiger partial charge >= 0.3 is 0 Å². The largest absolute Gasteiger partial charge is 0.497 e. The lowest BCUT2D eigenvalue weighted by atomic mass is 10.1. The van der Waals surface area contributed by atoms with Crippen molar-refractivity contribution in [3.05, 3.63) is 99.1 Å². The van der Waals surface area contributed by atoms with Crippen LogP contribution in [-0.2, 0) is 17.9 Å². The van der Waals surface area contributed by atoms with E-state index in [9.17, 15) is 0 Å². The first-order chi connectivity index (χ1) is 15.5. The summed E-state index contributed by atoms with van der Waals surface area (Å²) >= 11 is 18.6. The quantitative estimate of drug-likeness (QED) is 0.271. The lowest BCUT2D eigenvalue weighted by Crippen LogP contribution is -2.14. The fraction of sp³-hybridized carbons (Fsp3) is 0.167. The van der Waals surface area contributed by atoms with Gasteiger partial charge in [0.25, 0.3) is 0 Å². The predicted molar refractivity (Wildman–Crippen MR) is 127 cm³/mol. The van der Waals surface area contributed by atoms with Crippen molar-refractivity contribution in [1.29, 1.82) is 0 Å². The highest BCUT2D eigenvalue weighted by Crippen LogP contribution is 2.31. The smallest absolute Gasteiger partial charge is 0.118 e. The molecule has 1 aromatic heterocycles. The van der Waals surface area contributed by atoms with E-state index in [0.717, 1.165) is 28.1 Å². The second-order valence-corrected chi connectivity index (χ2v) is 8.43. The molecule has 0 N–H and O–H groups in total. The Kier molecular flexibility index (Phi) is 7.33. The van der Waals surface area contributed by atoms with E-state index in [0.29, 0.717) is 28.2 Å². The van der Waals surface area contributed by atoms with Gasteiger partial charge in [-0.05, 0) is 54.1 Å². The molecule has 0 saturated carbocycles. The van der Waals surface area contributed by atoms with E-state index in [1.807, 2.05) is 60.8 Å².